The van der Waals surface area contributed by atoms with Crippen molar-refractivity contribution in [1.29, 1.82) is 0 Å². The molecular weight excluding hydrogens is 157 g/mol. The Morgan fingerprint density at radius 3 is 2.55 bits per heavy atom. The van der Waals surface area contributed by atoms with Gasteiger partial charge >= 0.3 is 69.7 Å². The second-order valence-corrected chi connectivity index (χ2v) is 3.27. The van der Waals surface area contributed by atoms with Crippen molar-refractivity contribution < 1.29 is 4.79 Å². The van der Waals surface area contributed by atoms with Gasteiger partial charge < -0.3 is 0 Å². The molecule has 0 aromatic carbocycles. The number of Topliss-reactive ketones (excluding diaryl/α,β-unsaturated/α-hetero) is 1. The van der Waals surface area contributed by atoms with Gasteiger partial charge in [0.2, 0.25) is 0 Å². The summed E-state index contributed by atoms with van der Waals surface area (Å²) in [4.78, 5) is 13.0. The van der Waals surface area contributed by atoms with Gasteiger partial charge in [0.05, 0.1) is 0 Å². The first kappa shape index (κ1) is 10.8. The zero-order valence-electron chi connectivity index (χ0n) is 7.29. The molecule has 3 heteroatoms. The molecule has 0 radical (unpaired) electrons. The van der Waals surface area contributed by atoms with Crippen LogP contribution in [-0.4, -0.2) is 30.8 Å². The molecule has 0 N–H and O–H groups in total. The molecular formula is C8H14NOP. The van der Waals surface area contributed by atoms with Gasteiger partial charge in [-0.1, -0.05) is 0 Å². The zero-order valence-corrected chi connectivity index (χ0v) is 8.19. The average Bonchev–Trinajstić information content (AvgIpc) is 1.87. The van der Waals surface area contributed by atoms with Crippen molar-refractivity contribution in [3.63, 3.8) is 0 Å². The van der Waals surface area contributed by atoms with Crippen molar-refractivity contribution in [3.05, 3.63) is 0 Å². The van der Waals surface area contributed by atoms with E-state index in [-0.39, 0.29) is 11.7 Å². The summed E-state index contributed by atoms with van der Waals surface area (Å²) in [5, 5.41) is 0. The van der Waals surface area contributed by atoms with Gasteiger partial charge in [0.1, 0.15) is 0 Å². The molecule has 0 aliphatic rings. The molecule has 0 aromatic rings. The topological polar surface area (TPSA) is 20.3 Å². The second-order valence-electron chi connectivity index (χ2n) is 2.95. The number of hydrogen-bond acceptors (Lipinski definition) is 2. The Balaban J connectivity index is 3.68. The second kappa shape index (κ2) is 5.49. The van der Waals surface area contributed by atoms with Crippen LogP contribution in [0.4, 0.5) is 0 Å². The molecule has 2 nitrogen and oxygen atoms in total. The van der Waals surface area contributed by atoms with Crippen LogP contribution < -0.4 is 0 Å². The van der Waals surface area contributed by atoms with Crippen LogP contribution in [0.3, 0.4) is 0 Å². The normalized spacial score (nSPS) is 10.2. The summed E-state index contributed by atoms with van der Waals surface area (Å²) in [6, 6.07) is 0. The van der Waals surface area contributed by atoms with Crippen molar-refractivity contribution in [2.24, 2.45) is 5.92 Å². The predicted molar refractivity (Wildman–Crippen MR) is 48.2 cm³/mol. The SMILES string of the molecule is CC(C)C(=O)CN(C)CC#P. The van der Waals surface area contributed by atoms with Gasteiger partial charge in [0.25, 0.3) is 0 Å². The third-order valence-corrected chi connectivity index (χ3v) is 1.55. The fraction of sp³-hybridized carbons (Fsp3) is 0.750. The van der Waals surface area contributed by atoms with E-state index < -0.39 is 0 Å². The molecule has 0 atom stereocenters. The molecule has 0 amide bonds. The van der Waals surface area contributed by atoms with E-state index in [1.807, 2.05) is 25.8 Å². The maximum atomic E-state index is 11.1. The van der Waals surface area contributed by atoms with Crippen LogP contribution >= 0.6 is 8.70 Å². The molecule has 62 valence electrons. The van der Waals surface area contributed by atoms with Crippen LogP contribution in [0.1, 0.15) is 13.8 Å². The van der Waals surface area contributed by atoms with Crippen molar-refractivity contribution in [1.82, 2.24) is 4.90 Å². The molecule has 0 aliphatic carbocycles. The van der Waals surface area contributed by atoms with Crippen LogP contribution in [0.5, 0.6) is 0 Å². The van der Waals surface area contributed by atoms with Gasteiger partial charge in [-0.15, -0.1) is 0 Å². The first-order chi connectivity index (χ1) is 5.07. The first-order valence-electron chi connectivity index (χ1n) is 3.66. The van der Waals surface area contributed by atoms with Crippen LogP contribution in [-0.2, 0) is 4.79 Å². The number of carbonyl (C=O) groups is 1. The van der Waals surface area contributed by atoms with Crippen LogP contribution in [0, 0.1) is 11.5 Å². The summed E-state index contributed by atoms with van der Waals surface area (Å²) in [6.07, 6.45) is 0. The third kappa shape index (κ3) is 5.15. The molecule has 0 saturated heterocycles. The molecule has 0 rings (SSSR count). The zero-order chi connectivity index (χ0) is 8.85. The molecule has 0 bridgehead atoms. The van der Waals surface area contributed by atoms with E-state index in [1.165, 1.54) is 0 Å². The molecule has 0 saturated carbocycles. The fourth-order valence-electron chi connectivity index (χ4n) is 0.625. The standard InChI is InChI=1S/C8H14NOP/c1-7(2)8(10)6-9(3)4-5-11/h7H,4,6H2,1-3H3. The van der Waals surface area contributed by atoms with Crippen molar-refractivity contribution >= 4 is 14.5 Å². The Morgan fingerprint density at radius 1 is 1.64 bits per heavy atom. The van der Waals surface area contributed by atoms with E-state index in [2.05, 4.69) is 14.3 Å². The number of likely N-dealkylation sites (N-methyl/N-ethyl adjacent to an activating group) is 1. The molecule has 0 aromatic heterocycles. The summed E-state index contributed by atoms with van der Waals surface area (Å²) in [6.45, 7) is 4.93. The van der Waals surface area contributed by atoms with Crippen LogP contribution in [0.15, 0.2) is 0 Å². The van der Waals surface area contributed by atoms with Crippen molar-refractivity contribution in [2.45, 2.75) is 13.8 Å². The number of hydrogen-bond donors (Lipinski definition) is 0. The summed E-state index contributed by atoms with van der Waals surface area (Å²) in [5.74, 6) is 0.383. The van der Waals surface area contributed by atoms with E-state index in [4.69, 9.17) is 0 Å². The van der Waals surface area contributed by atoms with Gasteiger partial charge in [-0.3, -0.25) is 0 Å². The van der Waals surface area contributed by atoms with Gasteiger partial charge in [0, 0.05) is 0 Å². The summed E-state index contributed by atoms with van der Waals surface area (Å²) in [7, 11) is 5.71. The van der Waals surface area contributed by atoms with Crippen LogP contribution in [0.25, 0.3) is 0 Å². The molecule has 0 heterocycles. The van der Waals surface area contributed by atoms with Crippen LogP contribution in [0.2, 0.25) is 0 Å². The minimum absolute atomic E-state index is 0.123. The fourth-order valence-corrected chi connectivity index (χ4v) is 0.867. The molecule has 0 unspecified atom stereocenters. The molecule has 11 heavy (non-hydrogen) atoms. The number of carbonyl (C=O) groups excluding carboxylic acids is 1. The van der Waals surface area contributed by atoms with Crippen molar-refractivity contribution in [2.75, 3.05) is 20.1 Å². The molecule has 0 aliphatic heterocycles. The van der Waals surface area contributed by atoms with Crippen molar-refractivity contribution in [3.8, 4) is 5.63 Å². The predicted octanol–water partition coefficient (Wildman–Crippen LogP) is 1.51. The minimum atomic E-state index is 0.123. The maximum absolute atomic E-state index is 11.1. The van der Waals surface area contributed by atoms with E-state index in [0.717, 1.165) is 0 Å². The monoisotopic (exact) mass is 171 g/mol. The van der Waals surface area contributed by atoms with E-state index in [9.17, 15) is 4.79 Å². The Labute approximate surface area is 70.5 Å². The van der Waals surface area contributed by atoms with E-state index in [0.29, 0.717) is 13.1 Å². The van der Waals surface area contributed by atoms with Gasteiger partial charge in [-0.25, -0.2) is 0 Å². The Morgan fingerprint density at radius 2 is 2.18 bits per heavy atom. The third-order valence-electron chi connectivity index (χ3n) is 1.41. The summed E-state index contributed by atoms with van der Waals surface area (Å²) < 4.78 is 0. The number of rotatable bonds is 4. The average molecular weight is 171 g/mol. The molecule has 0 spiro atoms. The first-order valence-corrected chi connectivity index (χ1v) is 4.11. The number of ketones is 1. The number of nitrogens with zero attached hydrogens (tertiary/aromatic N) is 1. The Kier molecular flexibility index (Phi) is 5.41. The van der Waals surface area contributed by atoms with Gasteiger partial charge in [-0.2, -0.15) is 0 Å². The van der Waals surface area contributed by atoms with E-state index in [1.54, 1.807) is 0 Å². The summed E-state index contributed by atoms with van der Waals surface area (Å²) >= 11 is 0. The van der Waals surface area contributed by atoms with E-state index >= 15 is 0 Å². The molecule has 0 fully saturated rings. The van der Waals surface area contributed by atoms with Gasteiger partial charge in [-0.05, 0) is 0 Å². The summed E-state index contributed by atoms with van der Waals surface area (Å²) in [5.41, 5.74) is 2.68. The quantitative estimate of drug-likeness (QED) is 0.597. The Bertz CT molecular complexity index is 171. The van der Waals surface area contributed by atoms with Gasteiger partial charge in [0.15, 0.2) is 0 Å². The Hall–Kier alpha value is -0.160.